The Morgan fingerprint density at radius 3 is 2.54 bits per heavy atom. The second-order valence-electron chi connectivity index (χ2n) is 15.2. The van der Waals surface area contributed by atoms with Crippen LogP contribution in [0.5, 0.6) is 0 Å². The highest BCUT2D eigenvalue weighted by Crippen LogP contribution is 2.61. The third-order valence-corrected chi connectivity index (χ3v) is 13.9. The van der Waals surface area contributed by atoms with Crippen LogP contribution in [0.2, 0.25) is 18.6 Å². The number of para-hydroxylation sites is 1. The van der Waals surface area contributed by atoms with Gasteiger partial charge in [-0.05, 0) is 74.2 Å². The van der Waals surface area contributed by atoms with Crippen LogP contribution in [0.3, 0.4) is 0 Å². The van der Waals surface area contributed by atoms with E-state index >= 15 is 4.11 Å². The van der Waals surface area contributed by atoms with E-state index in [0.717, 1.165) is 16.8 Å². The molecule has 0 radical (unpaired) electrons. The normalized spacial score (nSPS) is 22.8. The van der Waals surface area contributed by atoms with Crippen molar-refractivity contribution in [1.82, 2.24) is 15.0 Å². The number of unbranched alkanes of at least 4 members (excludes halogenated alkanes) is 1. The van der Waals surface area contributed by atoms with E-state index in [-0.39, 0.29) is 36.7 Å². The van der Waals surface area contributed by atoms with Crippen LogP contribution < -0.4 is 9.80 Å². The van der Waals surface area contributed by atoms with Gasteiger partial charge in [-0.3, -0.25) is 24.0 Å². The zero-order chi connectivity index (χ0) is 38.2. The van der Waals surface area contributed by atoms with Gasteiger partial charge in [-0.1, -0.05) is 60.7 Å². The number of aliphatic hydroxyl groups excluding tert-OH is 1. The molecule has 1 unspecified atom stereocenters. The minimum absolute atomic E-state index is 0.0389. The lowest BCUT2D eigenvalue weighted by Gasteiger charge is -2.32. The third kappa shape index (κ3) is 6.77. The fourth-order valence-electron chi connectivity index (χ4n) is 8.92. The van der Waals surface area contributed by atoms with Crippen molar-refractivity contribution in [3.8, 4) is 0 Å². The number of halogens is 1. The van der Waals surface area contributed by atoms with Crippen molar-refractivity contribution in [3.05, 3.63) is 101 Å². The Balaban J connectivity index is 1.23. The van der Waals surface area contributed by atoms with E-state index in [0.29, 0.717) is 67.8 Å². The average molecular weight is 754 g/mol. The molecule has 2 amide bonds. The molecule has 0 saturated carbocycles. The number of hydrogen-bond acceptors (Lipinski definition) is 8. The van der Waals surface area contributed by atoms with Gasteiger partial charge in [0.2, 0.25) is 14.3 Å². The van der Waals surface area contributed by atoms with Crippen LogP contribution in [-0.4, -0.2) is 72.7 Å². The van der Waals surface area contributed by atoms with Gasteiger partial charge < -0.3 is 23.6 Å². The summed E-state index contributed by atoms with van der Waals surface area (Å²) < 4.78 is 30.2. The van der Waals surface area contributed by atoms with E-state index in [1.807, 2.05) is 79.7 Å². The number of benzene rings is 3. The number of fused-ring (bicyclic) bond motifs is 3. The minimum atomic E-state index is -3.46. The zero-order valence-electron chi connectivity index (χ0n) is 31.3. The Bertz CT molecular complexity index is 2020. The van der Waals surface area contributed by atoms with Crippen molar-refractivity contribution in [2.75, 3.05) is 30.1 Å². The first-order valence-electron chi connectivity index (χ1n) is 18.8. The second kappa shape index (κ2) is 15.2. The van der Waals surface area contributed by atoms with Gasteiger partial charge in [-0.2, -0.15) is 0 Å². The van der Waals surface area contributed by atoms with Crippen molar-refractivity contribution < 1.29 is 33.1 Å². The number of methoxy groups -OCH3 is 1. The molecule has 7 rings (SSSR count). The highest BCUT2D eigenvalue weighted by atomic mass is 28.4. The van der Waals surface area contributed by atoms with Crippen molar-refractivity contribution in [3.63, 3.8) is 0 Å². The van der Waals surface area contributed by atoms with Gasteiger partial charge in [-0.15, -0.1) is 5.10 Å². The van der Waals surface area contributed by atoms with Gasteiger partial charge in [0.15, 0.2) is 5.60 Å². The van der Waals surface area contributed by atoms with Gasteiger partial charge in [-0.25, -0.2) is 0 Å². The predicted molar refractivity (Wildman–Crippen MR) is 205 cm³/mol. The first-order chi connectivity index (χ1) is 26.0. The summed E-state index contributed by atoms with van der Waals surface area (Å²) in [6.07, 6.45) is 3.90. The fraction of sp³-hybridized carbons (Fsp3) is 0.439. The molecule has 1 saturated heterocycles. The van der Waals surface area contributed by atoms with Gasteiger partial charge in [0, 0.05) is 54.8 Å². The first kappa shape index (κ1) is 37.6. The highest BCUT2D eigenvalue weighted by Gasteiger charge is 2.66. The zero-order valence-corrected chi connectivity index (χ0v) is 32.3. The molecule has 54 heavy (non-hydrogen) atoms. The number of carbonyl (C=O) groups excluding carboxylic acids is 3. The third-order valence-electron chi connectivity index (χ3n) is 11.5. The van der Waals surface area contributed by atoms with Crippen molar-refractivity contribution in [1.29, 1.82) is 0 Å². The number of rotatable bonds is 13. The number of aliphatic hydroxyl groups is 1. The summed E-state index contributed by atoms with van der Waals surface area (Å²) in [7, 11) is -2.10. The monoisotopic (exact) mass is 753 g/mol. The van der Waals surface area contributed by atoms with E-state index in [2.05, 4.69) is 10.3 Å². The van der Waals surface area contributed by atoms with Crippen LogP contribution in [0.15, 0.2) is 79.0 Å². The molecule has 284 valence electrons. The molecule has 1 fully saturated rings. The van der Waals surface area contributed by atoms with E-state index < -0.39 is 31.6 Å². The van der Waals surface area contributed by atoms with Crippen LogP contribution in [0.4, 0.5) is 21.2 Å². The maximum atomic E-state index is 16.6. The molecule has 4 aromatic rings. The number of amides is 2. The molecule has 3 aliphatic rings. The standard InChI is InChI=1S/C41H48FN5O6Si/c1-27-39(54(3,4)42)36(21-23-45-25-33(43-44-45)31(26-48)28-12-6-5-7-13-28)53-41(27)32-24-30(47-34-15-9-8-14-29(34)17-20-37(47)49)18-19-35(32)46(40(41)51)22-11-10-16-38(50)52-2/h5-9,12-15,18-19,24-25,27,31,36,39,48H,10-11,16-17,20-23,26H2,1-4H3/t27-,31?,36+,39-,41+/m1/s1. The van der Waals surface area contributed by atoms with Crippen molar-refractivity contribution in [2.24, 2.45) is 5.92 Å². The lowest BCUT2D eigenvalue weighted by Crippen LogP contribution is -2.45. The topological polar surface area (TPSA) is 127 Å². The summed E-state index contributed by atoms with van der Waals surface area (Å²) in [6.45, 7) is 5.85. The van der Waals surface area contributed by atoms with Crippen LogP contribution in [0.25, 0.3) is 0 Å². The van der Waals surface area contributed by atoms with Crippen LogP contribution in [-0.2, 0) is 42.4 Å². The quantitative estimate of drug-likeness (QED) is 0.0704. The Kier molecular flexibility index (Phi) is 10.6. The Labute approximate surface area is 316 Å². The molecule has 3 aromatic carbocycles. The molecule has 3 aliphatic heterocycles. The average Bonchev–Trinajstić information content (AvgIpc) is 3.82. The van der Waals surface area contributed by atoms with Crippen LogP contribution >= 0.6 is 0 Å². The molecular formula is C41H48FN5O6Si. The Morgan fingerprint density at radius 1 is 1.04 bits per heavy atom. The lowest BCUT2D eigenvalue weighted by atomic mass is 9.82. The molecule has 0 bridgehead atoms. The number of carbonyl (C=O) groups is 3. The van der Waals surface area contributed by atoms with E-state index in [1.165, 1.54) is 7.11 Å². The molecule has 1 spiro atoms. The number of anilines is 3. The SMILES string of the molecule is COC(=O)CCCCN1C(=O)[C@@]2(O[C@@H](CCn3cc(C(CO)c4ccccc4)nn3)[C@H]([Si](C)(C)F)[C@H]2C)c2cc(N3C(=O)CCc4ccccc43)ccc21. The van der Waals surface area contributed by atoms with Crippen molar-refractivity contribution in [2.45, 2.75) is 88.3 Å². The molecule has 0 aliphatic carbocycles. The summed E-state index contributed by atoms with van der Waals surface area (Å²) in [5, 5.41) is 18.9. The van der Waals surface area contributed by atoms with E-state index in [4.69, 9.17) is 9.47 Å². The van der Waals surface area contributed by atoms with Gasteiger partial charge >= 0.3 is 5.97 Å². The number of nitrogens with zero attached hydrogens (tertiary/aromatic N) is 5. The maximum absolute atomic E-state index is 16.6. The maximum Gasteiger partial charge on any atom is 0.305 e. The summed E-state index contributed by atoms with van der Waals surface area (Å²) in [5.74, 6) is -1.47. The van der Waals surface area contributed by atoms with Gasteiger partial charge in [0.25, 0.3) is 5.91 Å². The van der Waals surface area contributed by atoms with Crippen LogP contribution in [0.1, 0.15) is 67.3 Å². The lowest BCUT2D eigenvalue weighted by molar-refractivity contribution is -0.146. The number of ether oxygens (including phenoxy) is 2. The molecular weight excluding hydrogens is 706 g/mol. The molecule has 5 atom stereocenters. The molecule has 11 nitrogen and oxygen atoms in total. The second-order valence-corrected chi connectivity index (χ2v) is 19.0. The molecule has 13 heteroatoms. The van der Waals surface area contributed by atoms with Crippen molar-refractivity contribution >= 4 is 43.3 Å². The van der Waals surface area contributed by atoms with E-state index in [1.54, 1.807) is 33.8 Å². The van der Waals surface area contributed by atoms with Crippen LogP contribution in [0, 0.1) is 5.92 Å². The Morgan fingerprint density at radius 2 is 1.80 bits per heavy atom. The predicted octanol–water partition coefficient (Wildman–Crippen LogP) is 6.57. The Hall–Kier alpha value is -4.72. The highest BCUT2D eigenvalue weighted by molar-refractivity contribution is 6.72. The molecule has 4 heterocycles. The fourth-order valence-corrected chi connectivity index (χ4v) is 11.5. The molecule has 1 N–H and O–H groups in total. The van der Waals surface area contributed by atoms with Gasteiger partial charge in [0.1, 0.15) is 0 Å². The number of aryl methyl sites for hydroxylation is 2. The van der Waals surface area contributed by atoms with Gasteiger partial charge in [0.05, 0.1) is 42.8 Å². The minimum Gasteiger partial charge on any atom is -0.469 e. The summed E-state index contributed by atoms with van der Waals surface area (Å²) >= 11 is 0. The van der Waals surface area contributed by atoms with E-state index in [9.17, 15) is 19.5 Å². The summed E-state index contributed by atoms with van der Waals surface area (Å²) in [5.41, 5.74) is 3.33. The number of esters is 1. The summed E-state index contributed by atoms with van der Waals surface area (Å²) in [6, 6.07) is 23.1. The summed E-state index contributed by atoms with van der Waals surface area (Å²) in [4.78, 5) is 43.8. The number of aromatic nitrogens is 3. The smallest absolute Gasteiger partial charge is 0.305 e. The largest absolute Gasteiger partial charge is 0.469 e. The molecule has 1 aromatic heterocycles. The number of hydrogen-bond donors (Lipinski definition) is 1. The first-order valence-corrected chi connectivity index (χ1v) is 21.8.